The lowest BCUT2D eigenvalue weighted by molar-refractivity contribution is -0.274. The smallest absolute Gasteiger partial charge is 0.406 e. The largest absolute Gasteiger partial charge is 0.573 e. The Morgan fingerprint density at radius 2 is 1.58 bits per heavy atom. The third-order valence-electron chi connectivity index (χ3n) is 2.85. The topological polar surface area (TPSA) is 86.5 Å². The fraction of sp³-hybridized carbons (Fsp3) is 0.0714. The van der Waals surface area contributed by atoms with E-state index < -0.39 is 32.8 Å². The molecule has 0 unspecified atom stereocenters. The molecule has 5 nitrogen and oxygen atoms in total. The molecule has 0 radical (unpaired) electrons. The van der Waals surface area contributed by atoms with Gasteiger partial charge in [-0.25, -0.2) is 13.6 Å². The molecular weight excluding hydrogens is 371 g/mol. The summed E-state index contributed by atoms with van der Waals surface area (Å²) in [5.41, 5.74) is 0.000121. The van der Waals surface area contributed by atoms with Crippen LogP contribution in [-0.4, -0.2) is 20.6 Å². The molecule has 0 saturated heterocycles. The highest BCUT2D eigenvalue weighted by Crippen LogP contribution is 2.25. The van der Waals surface area contributed by atoms with Crippen molar-refractivity contribution < 1.29 is 31.1 Å². The molecule has 2 rings (SSSR count). The van der Waals surface area contributed by atoms with Gasteiger partial charge in [0.15, 0.2) is 5.78 Å². The quantitative estimate of drug-likeness (QED) is 0.827. The van der Waals surface area contributed by atoms with Crippen molar-refractivity contribution in [1.29, 1.82) is 0 Å². The Balaban J connectivity index is 2.33. The molecule has 0 heterocycles. The minimum atomic E-state index is -4.84. The standard InChI is InChI=1S/C14H9ClF3NO4S/c15-11-6-3-9(7-12(11)24(19,21)22)13(20)8-1-4-10(5-2-8)23-14(16,17)18/h1-7H,(H2,19,21,22). The van der Waals surface area contributed by atoms with E-state index in [1.807, 2.05) is 0 Å². The summed E-state index contributed by atoms with van der Waals surface area (Å²) in [5, 5.41) is 4.85. The predicted octanol–water partition coefficient (Wildman–Crippen LogP) is 3.12. The maximum atomic E-state index is 12.3. The first-order chi connectivity index (χ1) is 11.0. The number of ketones is 1. The number of benzene rings is 2. The highest BCUT2D eigenvalue weighted by Gasteiger charge is 2.31. The average molecular weight is 380 g/mol. The van der Waals surface area contributed by atoms with Gasteiger partial charge in [0, 0.05) is 11.1 Å². The highest BCUT2D eigenvalue weighted by molar-refractivity contribution is 7.89. The van der Waals surface area contributed by atoms with Gasteiger partial charge in [0.05, 0.1) is 5.02 Å². The summed E-state index contributed by atoms with van der Waals surface area (Å²) in [5.74, 6) is -1.10. The van der Waals surface area contributed by atoms with Crippen molar-refractivity contribution in [3.05, 3.63) is 58.6 Å². The van der Waals surface area contributed by atoms with Gasteiger partial charge in [0.2, 0.25) is 10.0 Å². The summed E-state index contributed by atoms with van der Waals surface area (Å²) in [6.07, 6.45) is -4.84. The van der Waals surface area contributed by atoms with Crippen molar-refractivity contribution in [2.45, 2.75) is 11.3 Å². The normalized spacial score (nSPS) is 12.0. The second-order valence-corrected chi connectivity index (χ2v) is 6.53. The summed E-state index contributed by atoms with van der Waals surface area (Å²) < 4.78 is 62.8. The SMILES string of the molecule is NS(=O)(=O)c1cc(C(=O)c2ccc(OC(F)(F)F)cc2)ccc1Cl. The number of sulfonamides is 1. The molecule has 0 aromatic heterocycles. The molecule has 2 aromatic rings. The van der Waals surface area contributed by atoms with Gasteiger partial charge < -0.3 is 4.74 Å². The van der Waals surface area contributed by atoms with Gasteiger partial charge in [-0.1, -0.05) is 11.6 Å². The molecule has 24 heavy (non-hydrogen) atoms. The Morgan fingerprint density at radius 3 is 2.08 bits per heavy atom. The lowest BCUT2D eigenvalue weighted by Crippen LogP contribution is -2.17. The number of hydrogen-bond donors (Lipinski definition) is 1. The Bertz CT molecular complexity index is 880. The third kappa shape index (κ3) is 4.47. The Labute approximate surface area is 139 Å². The van der Waals surface area contributed by atoms with E-state index in [2.05, 4.69) is 4.74 Å². The molecule has 2 N–H and O–H groups in total. The van der Waals surface area contributed by atoms with Crippen LogP contribution in [0.2, 0.25) is 5.02 Å². The monoisotopic (exact) mass is 379 g/mol. The first-order valence-corrected chi connectivity index (χ1v) is 8.13. The van der Waals surface area contributed by atoms with Crippen molar-refractivity contribution in [3.8, 4) is 5.75 Å². The molecule has 0 aliphatic carbocycles. The van der Waals surface area contributed by atoms with Crippen molar-refractivity contribution in [2.24, 2.45) is 5.14 Å². The molecule has 0 amide bonds. The van der Waals surface area contributed by atoms with E-state index in [4.69, 9.17) is 16.7 Å². The Morgan fingerprint density at radius 1 is 1.04 bits per heavy atom. The number of hydrogen-bond acceptors (Lipinski definition) is 4. The lowest BCUT2D eigenvalue weighted by Gasteiger charge is -2.09. The number of carbonyl (C=O) groups is 1. The van der Waals surface area contributed by atoms with Crippen molar-refractivity contribution >= 4 is 27.4 Å². The maximum absolute atomic E-state index is 12.3. The molecule has 2 aromatic carbocycles. The Hall–Kier alpha value is -2.10. The number of carbonyl (C=O) groups excluding carboxylic acids is 1. The summed E-state index contributed by atoms with van der Waals surface area (Å²) in [6.45, 7) is 0. The van der Waals surface area contributed by atoms with E-state index in [9.17, 15) is 26.4 Å². The van der Waals surface area contributed by atoms with E-state index in [0.717, 1.165) is 30.3 Å². The molecular formula is C14H9ClF3NO4S. The van der Waals surface area contributed by atoms with E-state index in [-0.39, 0.29) is 16.1 Å². The zero-order chi connectivity index (χ0) is 18.1. The molecule has 0 spiro atoms. The molecule has 0 saturated carbocycles. The molecule has 128 valence electrons. The second kappa shape index (κ2) is 6.42. The zero-order valence-corrected chi connectivity index (χ0v) is 13.2. The summed E-state index contributed by atoms with van der Waals surface area (Å²) in [6, 6.07) is 7.65. The van der Waals surface area contributed by atoms with Crippen LogP contribution in [0.4, 0.5) is 13.2 Å². The van der Waals surface area contributed by atoms with E-state index in [1.54, 1.807) is 0 Å². The third-order valence-corrected chi connectivity index (χ3v) is 4.24. The summed E-state index contributed by atoms with van der Waals surface area (Å²) in [7, 11) is -4.13. The maximum Gasteiger partial charge on any atom is 0.573 e. The highest BCUT2D eigenvalue weighted by atomic mass is 35.5. The van der Waals surface area contributed by atoms with Gasteiger partial charge in [-0.15, -0.1) is 13.2 Å². The lowest BCUT2D eigenvalue weighted by atomic mass is 10.0. The van der Waals surface area contributed by atoms with Crippen molar-refractivity contribution in [3.63, 3.8) is 0 Å². The number of primary sulfonamides is 1. The van der Waals surface area contributed by atoms with Crippen LogP contribution in [0.1, 0.15) is 15.9 Å². The van der Waals surface area contributed by atoms with Crippen molar-refractivity contribution in [1.82, 2.24) is 0 Å². The molecule has 0 bridgehead atoms. The molecule has 0 aliphatic rings. The second-order valence-electron chi connectivity index (χ2n) is 4.59. The van der Waals surface area contributed by atoms with Crippen LogP contribution in [0.3, 0.4) is 0 Å². The van der Waals surface area contributed by atoms with E-state index in [0.29, 0.717) is 0 Å². The minimum absolute atomic E-state index is 0.0343. The summed E-state index contributed by atoms with van der Waals surface area (Å²) >= 11 is 5.72. The van der Waals surface area contributed by atoms with Crippen LogP contribution in [0.5, 0.6) is 5.75 Å². The van der Waals surface area contributed by atoms with Crippen LogP contribution in [-0.2, 0) is 10.0 Å². The van der Waals surface area contributed by atoms with E-state index >= 15 is 0 Å². The van der Waals surface area contributed by atoms with Crippen LogP contribution in [0.15, 0.2) is 47.4 Å². The number of alkyl halides is 3. The van der Waals surface area contributed by atoms with Crippen LogP contribution in [0.25, 0.3) is 0 Å². The first-order valence-electron chi connectivity index (χ1n) is 6.20. The Kier molecular flexibility index (Phi) is 4.88. The van der Waals surface area contributed by atoms with Gasteiger partial charge in [-0.2, -0.15) is 0 Å². The van der Waals surface area contributed by atoms with E-state index in [1.165, 1.54) is 12.1 Å². The molecule has 0 atom stereocenters. The van der Waals surface area contributed by atoms with Crippen LogP contribution in [0, 0.1) is 0 Å². The predicted molar refractivity (Wildman–Crippen MR) is 79.4 cm³/mol. The van der Waals surface area contributed by atoms with Crippen molar-refractivity contribution in [2.75, 3.05) is 0 Å². The number of rotatable bonds is 4. The molecule has 0 aliphatic heterocycles. The number of ether oxygens (including phenoxy) is 1. The van der Waals surface area contributed by atoms with Gasteiger partial charge >= 0.3 is 6.36 Å². The first kappa shape index (κ1) is 18.2. The molecule has 10 heteroatoms. The van der Waals surface area contributed by atoms with Crippen LogP contribution >= 0.6 is 11.6 Å². The van der Waals surface area contributed by atoms with Gasteiger partial charge in [-0.05, 0) is 42.5 Å². The minimum Gasteiger partial charge on any atom is -0.406 e. The number of nitrogens with two attached hydrogens (primary N) is 1. The fourth-order valence-electron chi connectivity index (χ4n) is 1.84. The van der Waals surface area contributed by atoms with Crippen LogP contribution < -0.4 is 9.88 Å². The number of halogens is 4. The zero-order valence-electron chi connectivity index (χ0n) is 11.7. The van der Waals surface area contributed by atoms with Gasteiger partial charge in [0.1, 0.15) is 10.6 Å². The van der Waals surface area contributed by atoms with Gasteiger partial charge in [-0.3, -0.25) is 4.79 Å². The summed E-state index contributed by atoms with van der Waals surface area (Å²) in [4.78, 5) is 11.9. The van der Waals surface area contributed by atoms with Gasteiger partial charge in [0.25, 0.3) is 0 Å². The molecule has 0 fully saturated rings. The fourth-order valence-corrected chi connectivity index (χ4v) is 2.91. The average Bonchev–Trinajstić information content (AvgIpc) is 2.45.